The number of nitrogens with one attached hydrogen (secondary N) is 1. The maximum absolute atomic E-state index is 12.2. The molecule has 0 heterocycles. The van der Waals surface area contributed by atoms with Crippen LogP contribution in [0, 0.1) is 6.92 Å². The lowest BCUT2D eigenvalue weighted by atomic mass is 10.1. The summed E-state index contributed by atoms with van der Waals surface area (Å²) in [6.07, 6.45) is 3.23. The zero-order chi connectivity index (χ0) is 18.2. The van der Waals surface area contributed by atoms with Crippen molar-refractivity contribution in [2.24, 2.45) is 0 Å². The van der Waals surface area contributed by atoms with Crippen LogP contribution in [0.5, 0.6) is 5.75 Å². The molecule has 0 saturated carbocycles. The fourth-order valence-corrected chi connectivity index (χ4v) is 2.26. The average Bonchev–Trinajstić information content (AvgIpc) is 2.60. The van der Waals surface area contributed by atoms with Gasteiger partial charge in [-0.05, 0) is 36.3 Å². The number of amides is 2. The standard InChI is InChI=1S/C20H22N2O3/c1-15-7-4-5-8-16(15)11-12-20(24)22(2)14-19(23)21-17-9-6-10-18(13-17)25-3/h4-13H,14H2,1-3H3,(H,21,23)/b12-11+. The molecule has 0 unspecified atom stereocenters. The molecule has 1 N–H and O–H groups in total. The summed E-state index contributed by atoms with van der Waals surface area (Å²) < 4.78 is 5.11. The van der Waals surface area contributed by atoms with Crippen LogP contribution in [0.25, 0.3) is 6.08 Å². The molecule has 0 aliphatic carbocycles. The Morgan fingerprint density at radius 1 is 1.16 bits per heavy atom. The molecule has 2 aromatic rings. The number of methoxy groups -OCH3 is 1. The van der Waals surface area contributed by atoms with Gasteiger partial charge < -0.3 is 15.0 Å². The minimum atomic E-state index is -0.270. The predicted molar refractivity (Wildman–Crippen MR) is 99.5 cm³/mol. The summed E-state index contributed by atoms with van der Waals surface area (Å²) in [6.45, 7) is 1.95. The summed E-state index contributed by atoms with van der Waals surface area (Å²) in [6, 6.07) is 14.9. The van der Waals surface area contributed by atoms with E-state index in [1.807, 2.05) is 31.2 Å². The first-order valence-corrected chi connectivity index (χ1v) is 7.92. The molecule has 25 heavy (non-hydrogen) atoms. The number of carbonyl (C=O) groups is 2. The van der Waals surface area contributed by atoms with E-state index in [-0.39, 0.29) is 18.4 Å². The lowest BCUT2D eigenvalue weighted by molar-refractivity contribution is -0.129. The van der Waals surface area contributed by atoms with Crippen LogP contribution in [0.15, 0.2) is 54.6 Å². The lowest BCUT2D eigenvalue weighted by Gasteiger charge is -2.15. The van der Waals surface area contributed by atoms with E-state index < -0.39 is 0 Å². The van der Waals surface area contributed by atoms with Crippen LogP contribution in [0.3, 0.4) is 0 Å². The van der Waals surface area contributed by atoms with Crippen molar-refractivity contribution in [3.63, 3.8) is 0 Å². The van der Waals surface area contributed by atoms with Gasteiger partial charge in [-0.25, -0.2) is 0 Å². The van der Waals surface area contributed by atoms with Gasteiger partial charge in [-0.3, -0.25) is 9.59 Å². The first-order chi connectivity index (χ1) is 12.0. The first kappa shape index (κ1) is 18.3. The second kappa shape index (κ2) is 8.68. The minimum absolute atomic E-state index is 0.0336. The van der Waals surface area contributed by atoms with Crippen molar-refractivity contribution >= 4 is 23.6 Å². The largest absolute Gasteiger partial charge is 0.497 e. The molecule has 0 fully saturated rings. The SMILES string of the molecule is COc1cccc(NC(=O)CN(C)C(=O)/C=C/c2ccccc2C)c1. The van der Waals surface area contributed by atoms with E-state index in [1.165, 1.54) is 11.0 Å². The van der Waals surface area contributed by atoms with Gasteiger partial charge in [0.15, 0.2) is 0 Å². The van der Waals surface area contributed by atoms with Crippen LogP contribution in [0.2, 0.25) is 0 Å². The first-order valence-electron chi connectivity index (χ1n) is 7.92. The normalized spacial score (nSPS) is 10.5. The second-order valence-electron chi connectivity index (χ2n) is 5.66. The zero-order valence-electron chi connectivity index (χ0n) is 14.7. The Balaban J connectivity index is 1.91. The highest BCUT2D eigenvalue weighted by Crippen LogP contribution is 2.16. The Morgan fingerprint density at radius 2 is 1.92 bits per heavy atom. The quantitative estimate of drug-likeness (QED) is 0.823. The van der Waals surface area contributed by atoms with E-state index in [9.17, 15) is 9.59 Å². The van der Waals surface area contributed by atoms with Crippen molar-refractivity contribution in [3.8, 4) is 5.75 Å². The van der Waals surface area contributed by atoms with Gasteiger partial charge in [0.2, 0.25) is 11.8 Å². The maximum Gasteiger partial charge on any atom is 0.246 e. The Kier molecular flexibility index (Phi) is 6.34. The van der Waals surface area contributed by atoms with Crippen LogP contribution in [0.1, 0.15) is 11.1 Å². The molecule has 5 heteroatoms. The fraction of sp³-hybridized carbons (Fsp3) is 0.200. The number of aryl methyl sites for hydroxylation is 1. The summed E-state index contributed by atoms with van der Waals surface area (Å²) in [5, 5.41) is 2.75. The maximum atomic E-state index is 12.2. The van der Waals surface area contributed by atoms with Gasteiger partial charge in [0.1, 0.15) is 5.75 Å². The third-order valence-corrected chi connectivity index (χ3v) is 3.70. The molecular formula is C20H22N2O3. The molecule has 0 aromatic heterocycles. The molecule has 2 rings (SSSR count). The Hall–Kier alpha value is -3.08. The third kappa shape index (κ3) is 5.49. The van der Waals surface area contributed by atoms with E-state index in [1.54, 1.807) is 44.5 Å². The topological polar surface area (TPSA) is 58.6 Å². The van der Waals surface area contributed by atoms with Crippen molar-refractivity contribution in [3.05, 3.63) is 65.7 Å². The molecule has 130 valence electrons. The second-order valence-corrected chi connectivity index (χ2v) is 5.66. The Bertz CT molecular complexity index is 784. The molecule has 2 aromatic carbocycles. The summed E-state index contributed by atoms with van der Waals surface area (Å²) in [7, 11) is 3.16. The molecule has 0 saturated heterocycles. The minimum Gasteiger partial charge on any atom is -0.497 e. The average molecular weight is 338 g/mol. The highest BCUT2D eigenvalue weighted by molar-refractivity contribution is 5.98. The molecule has 5 nitrogen and oxygen atoms in total. The Labute approximate surface area is 147 Å². The van der Waals surface area contributed by atoms with Crippen molar-refractivity contribution < 1.29 is 14.3 Å². The van der Waals surface area contributed by atoms with Crippen LogP contribution < -0.4 is 10.1 Å². The monoisotopic (exact) mass is 338 g/mol. The van der Waals surface area contributed by atoms with Gasteiger partial charge in [0, 0.05) is 24.9 Å². The Morgan fingerprint density at radius 3 is 2.64 bits per heavy atom. The van der Waals surface area contributed by atoms with Crippen molar-refractivity contribution in [2.75, 3.05) is 26.0 Å². The highest BCUT2D eigenvalue weighted by atomic mass is 16.5. The molecular weight excluding hydrogens is 316 g/mol. The molecule has 0 bridgehead atoms. The van der Waals surface area contributed by atoms with Crippen molar-refractivity contribution in [2.45, 2.75) is 6.92 Å². The number of likely N-dealkylation sites (N-methyl/N-ethyl adjacent to an activating group) is 1. The van der Waals surface area contributed by atoms with Crippen LogP contribution in [0.4, 0.5) is 5.69 Å². The van der Waals surface area contributed by atoms with E-state index >= 15 is 0 Å². The number of benzene rings is 2. The van der Waals surface area contributed by atoms with Gasteiger partial charge in [0.25, 0.3) is 0 Å². The van der Waals surface area contributed by atoms with Crippen molar-refractivity contribution in [1.82, 2.24) is 4.90 Å². The van der Waals surface area contributed by atoms with Crippen molar-refractivity contribution in [1.29, 1.82) is 0 Å². The smallest absolute Gasteiger partial charge is 0.246 e. The molecule has 0 aliphatic heterocycles. The van der Waals surface area contributed by atoms with Crippen LogP contribution in [-0.4, -0.2) is 37.4 Å². The number of ether oxygens (including phenoxy) is 1. The molecule has 0 atom stereocenters. The van der Waals surface area contributed by atoms with Gasteiger partial charge in [-0.1, -0.05) is 30.3 Å². The number of nitrogens with zero attached hydrogens (tertiary/aromatic N) is 1. The predicted octanol–water partition coefficient (Wildman–Crippen LogP) is 3.11. The number of hydrogen-bond acceptors (Lipinski definition) is 3. The van der Waals surface area contributed by atoms with Gasteiger partial charge in [0.05, 0.1) is 13.7 Å². The van der Waals surface area contributed by atoms with E-state index in [2.05, 4.69) is 5.32 Å². The van der Waals surface area contributed by atoms with Gasteiger partial charge in [-0.2, -0.15) is 0 Å². The van der Waals surface area contributed by atoms with E-state index in [0.29, 0.717) is 11.4 Å². The molecule has 2 amide bonds. The number of carbonyl (C=O) groups excluding carboxylic acids is 2. The number of hydrogen-bond donors (Lipinski definition) is 1. The summed E-state index contributed by atoms with van der Waals surface area (Å²) in [5.74, 6) is 0.154. The summed E-state index contributed by atoms with van der Waals surface area (Å²) in [5.41, 5.74) is 2.69. The summed E-state index contributed by atoms with van der Waals surface area (Å²) >= 11 is 0. The number of rotatable bonds is 6. The third-order valence-electron chi connectivity index (χ3n) is 3.70. The molecule has 0 aliphatic rings. The number of anilines is 1. The van der Waals surface area contributed by atoms with Crippen LogP contribution >= 0.6 is 0 Å². The lowest BCUT2D eigenvalue weighted by Crippen LogP contribution is -2.33. The highest BCUT2D eigenvalue weighted by Gasteiger charge is 2.11. The van der Waals surface area contributed by atoms with Gasteiger partial charge >= 0.3 is 0 Å². The molecule has 0 spiro atoms. The van der Waals surface area contributed by atoms with E-state index in [4.69, 9.17) is 4.74 Å². The zero-order valence-corrected chi connectivity index (χ0v) is 14.7. The fourth-order valence-electron chi connectivity index (χ4n) is 2.26. The van der Waals surface area contributed by atoms with E-state index in [0.717, 1.165) is 11.1 Å². The van der Waals surface area contributed by atoms with Gasteiger partial charge in [-0.15, -0.1) is 0 Å². The molecule has 0 radical (unpaired) electrons. The van der Waals surface area contributed by atoms with Crippen LogP contribution in [-0.2, 0) is 9.59 Å². The summed E-state index contributed by atoms with van der Waals surface area (Å²) in [4.78, 5) is 25.6.